The number of nitrogens with two attached hydrogens (primary N) is 1. The molecule has 0 saturated carbocycles. The van der Waals surface area contributed by atoms with Crippen LogP contribution in [0.5, 0.6) is 0 Å². The molecule has 1 aromatic carbocycles. The van der Waals surface area contributed by atoms with Crippen molar-refractivity contribution in [2.75, 3.05) is 0 Å². The third kappa shape index (κ3) is 2.91. The Morgan fingerprint density at radius 1 is 1.47 bits per heavy atom. The van der Waals surface area contributed by atoms with E-state index >= 15 is 0 Å². The van der Waals surface area contributed by atoms with E-state index in [1.807, 2.05) is 0 Å². The largest absolute Gasteiger partial charge is 0.480 e. The lowest BCUT2D eigenvalue weighted by molar-refractivity contribution is -0.138. The molecule has 0 saturated heterocycles. The number of rotatable bonds is 4. The van der Waals surface area contributed by atoms with Crippen LogP contribution in [0, 0.1) is 11.6 Å². The summed E-state index contributed by atoms with van der Waals surface area (Å²) in [5.74, 6) is -2.46. The minimum absolute atomic E-state index is 0.0493. The summed E-state index contributed by atoms with van der Waals surface area (Å²) in [6.07, 6.45) is 1.26. The zero-order valence-corrected chi connectivity index (χ0v) is 9.62. The molecule has 0 aliphatic rings. The third-order valence-electron chi connectivity index (χ3n) is 2.44. The molecule has 0 bridgehead atoms. The lowest BCUT2D eigenvalue weighted by Crippen LogP contribution is -2.32. The summed E-state index contributed by atoms with van der Waals surface area (Å²) in [7, 11) is 0. The normalized spacial score (nSPS) is 12.4. The average Bonchev–Trinajstić information content (AvgIpc) is 2.80. The van der Waals surface area contributed by atoms with Crippen molar-refractivity contribution in [1.82, 2.24) is 15.0 Å². The monoisotopic (exact) mass is 268 g/mol. The Hall–Kier alpha value is -2.35. The van der Waals surface area contributed by atoms with E-state index < -0.39 is 23.6 Å². The molecule has 3 N–H and O–H groups in total. The van der Waals surface area contributed by atoms with Crippen LogP contribution in [0.2, 0.25) is 0 Å². The van der Waals surface area contributed by atoms with Crippen LogP contribution >= 0.6 is 0 Å². The predicted octanol–water partition coefficient (Wildman–Crippen LogP) is 0.500. The number of hydrogen-bond donors (Lipinski definition) is 2. The van der Waals surface area contributed by atoms with Crippen molar-refractivity contribution in [2.24, 2.45) is 5.73 Å². The average molecular weight is 268 g/mol. The Labute approximate surface area is 106 Å². The maximum absolute atomic E-state index is 13.5. The summed E-state index contributed by atoms with van der Waals surface area (Å²) in [4.78, 5) is 10.6. The number of carboxylic acids is 1. The van der Waals surface area contributed by atoms with Crippen LogP contribution in [0.15, 0.2) is 24.4 Å². The standard InChI is InChI=1S/C11H10F2N4O2/c12-6-1-2-8(13)10(3-6)17-5-7(15-16-17)4-9(14)11(18)19/h1-3,5,9H,4,14H2,(H,18,19). The molecule has 2 aromatic rings. The quantitative estimate of drug-likeness (QED) is 0.842. The van der Waals surface area contributed by atoms with Crippen LogP contribution < -0.4 is 5.73 Å². The van der Waals surface area contributed by atoms with Crippen LogP contribution in [-0.4, -0.2) is 32.1 Å². The molecule has 1 heterocycles. The van der Waals surface area contributed by atoms with Gasteiger partial charge in [0, 0.05) is 12.5 Å². The number of halogens is 2. The van der Waals surface area contributed by atoms with E-state index in [1.165, 1.54) is 6.20 Å². The second kappa shape index (κ2) is 5.11. The van der Waals surface area contributed by atoms with Crippen molar-refractivity contribution in [3.8, 4) is 5.69 Å². The second-order valence-electron chi connectivity index (χ2n) is 3.90. The Morgan fingerprint density at radius 3 is 2.89 bits per heavy atom. The minimum atomic E-state index is -1.17. The molecule has 0 fully saturated rings. The summed E-state index contributed by atoms with van der Waals surface area (Å²) >= 11 is 0. The Morgan fingerprint density at radius 2 is 2.21 bits per heavy atom. The number of aromatic nitrogens is 3. The summed E-state index contributed by atoms with van der Waals surface area (Å²) in [6.45, 7) is 0. The summed E-state index contributed by atoms with van der Waals surface area (Å²) < 4.78 is 27.5. The smallest absolute Gasteiger partial charge is 0.320 e. The lowest BCUT2D eigenvalue weighted by atomic mass is 10.2. The number of benzene rings is 1. The van der Waals surface area contributed by atoms with Crippen LogP contribution in [0.25, 0.3) is 5.69 Å². The molecule has 19 heavy (non-hydrogen) atoms. The van der Waals surface area contributed by atoms with Gasteiger partial charge in [0.1, 0.15) is 23.4 Å². The first-order valence-electron chi connectivity index (χ1n) is 5.32. The van der Waals surface area contributed by atoms with Crippen molar-refractivity contribution < 1.29 is 18.7 Å². The highest BCUT2D eigenvalue weighted by molar-refractivity contribution is 5.73. The summed E-state index contributed by atoms with van der Waals surface area (Å²) in [5, 5.41) is 15.9. The SMILES string of the molecule is NC(Cc1cn(-c2cc(F)ccc2F)nn1)C(=O)O. The van der Waals surface area contributed by atoms with Gasteiger partial charge in [-0.1, -0.05) is 5.21 Å². The van der Waals surface area contributed by atoms with Crippen LogP contribution in [0.3, 0.4) is 0 Å². The lowest BCUT2D eigenvalue weighted by Gasteiger charge is -2.02. The van der Waals surface area contributed by atoms with Gasteiger partial charge in [-0.25, -0.2) is 13.5 Å². The maximum Gasteiger partial charge on any atom is 0.320 e. The zero-order chi connectivity index (χ0) is 14.0. The zero-order valence-electron chi connectivity index (χ0n) is 9.62. The molecule has 8 heteroatoms. The van der Waals surface area contributed by atoms with Gasteiger partial charge in [-0.05, 0) is 12.1 Å². The highest BCUT2D eigenvalue weighted by Crippen LogP contribution is 2.14. The fraction of sp³-hybridized carbons (Fsp3) is 0.182. The molecule has 0 aliphatic heterocycles. The van der Waals surface area contributed by atoms with Crippen molar-refractivity contribution in [3.05, 3.63) is 41.7 Å². The third-order valence-corrected chi connectivity index (χ3v) is 2.44. The van der Waals surface area contributed by atoms with Gasteiger partial charge < -0.3 is 10.8 Å². The van der Waals surface area contributed by atoms with Gasteiger partial charge in [0.05, 0.1) is 11.9 Å². The van der Waals surface area contributed by atoms with Gasteiger partial charge in [-0.2, -0.15) is 0 Å². The maximum atomic E-state index is 13.5. The molecule has 0 spiro atoms. The Balaban J connectivity index is 2.26. The minimum Gasteiger partial charge on any atom is -0.480 e. The number of aliphatic carboxylic acids is 1. The van der Waals surface area contributed by atoms with E-state index in [-0.39, 0.29) is 17.8 Å². The van der Waals surface area contributed by atoms with Gasteiger partial charge in [0.15, 0.2) is 0 Å². The van der Waals surface area contributed by atoms with Gasteiger partial charge in [-0.3, -0.25) is 4.79 Å². The van der Waals surface area contributed by atoms with E-state index in [4.69, 9.17) is 10.8 Å². The topological polar surface area (TPSA) is 94.0 Å². The van der Waals surface area contributed by atoms with E-state index in [0.717, 1.165) is 22.9 Å². The highest BCUT2D eigenvalue weighted by Gasteiger charge is 2.15. The number of hydrogen-bond acceptors (Lipinski definition) is 4. The van der Waals surface area contributed by atoms with Gasteiger partial charge in [0.25, 0.3) is 0 Å². The number of carbonyl (C=O) groups is 1. The van der Waals surface area contributed by atoms with Crippen molar-refractivity contribution >= 4 is 5.97 Å². The molecule has 6 nitrogen and oxygen atoms in total. The molecular weight excluding hydrogens is 258 g/mol. The molecule has 1 aromatic heterocycles. The molecule has 100 valence electrons. The first kappa shape index (κ1) is 13.1. The summed E-state index contributed by atoms with van der Waals surface area (Å²) in [6, 6.07) is 1.79. The number of carboxylic acid groups (broad SMARTS) is 1. The molecule has 0 radical (unpaired) electrons. The fourth-order valence-corrected chi connectivity index (χ4v) is 1.48. The van der Waals surface area contributed by atoms with Crippen LogP contribution in [0.1, 0.15) is 5.69 Å². The summed E-state index contributed by atoms with van der Waals surface area (Å²) in [5.41, 5.74) is 5.51. The van der Waals surface area contributed by atoms with Crippen molar-refractivity contribution in [2.45, 2.75) is 12.5 Å². The van der Waals surface area contributed by atoms with Gasteiger partial charge >= 0.3 is 5.97 Å². The first-order valence-corrected chi connectivity index (χ1v) is 5.32. The van der Waals surface area contributed by atoms with E-state index in [1.54, 1.807) is 0 Å². The molecule has 1 unspecified atom stereocenters. The second-order valence-corrected chi connectivity index (χ2v) is 3.90. The first-order chi connectivity index (χ1) is 8.97. The van der Waals surface area contributed by atoms with E-state index in [9.17, 15) is 13.6 Å². The van der Waals surface area contributed by atoms with E-state index in [2.05, 4.69) is 10.3 Å². The van der Waals surface area contributed by atoms with Crippen molar-refractivity contribution in [1.29, 1.82) is 0 Å². The van der Waals surface area contributed by atoms with Gasteiger partial charge in [-0.15, -0.1) is 5.10 Å². The molecule has 1 atom stereocenters. The predicted molar refractivity (Wildman–Crippen MR) is 60.6 cm³/mol. The molecule has 2 rings (SSSR count). The van der Waals surface area contributed by atoms with Gasteiger partial charge in [0.2, 0.25) is 0 Å². The van der Waals surface area contributed by atoms with Crippen molar-refractivity contribution in [3.63, 3.8) is 0 Å². The fourth-order valence-electron chi connectivity index (χ4n) is 1.48. The number of nitrogens with zero attached hydrogens (tertiary/aromatic N) is 3. The highest BCUT2D eigenvalue weighted by atomic mass is 19.1. The van der Waals surface area contributed by atoms with Crippen LogP contribution in [0.4, 0.5) is 8.78 Å². The molecular formula is C11H10F2N4O2. The molecule has 0 amide bonds. The Kier molecular flexibility index (Phi) is 3.52. The molecule has 0 aliphatic carbocycles. The van der Waals surface area contributed by atoms with Crippen LogP contribution in [-0.2, 0) is 11.2 Å². The van der Waals surface area contributed by atoms with E-state index in [0.29, 0.717) is 0 Å². The Bertz CT molecular complexity index is 614.